The number of carbonyl (C=O) groups excluding carboxylic acids is 1. The Morgan fingerprint density at radius 3 is 2.19 bits per heavy atom. The molecule has 6 nitrogen and oxygen atoms in total. The molecule has 0 aliphatic heterocycles. The SMILES string of the molecule is Cc1ccc(S(=O)(=O)N(C)c2ccc(C(=O)N[C@@H](C)COc3ccccc3)cc2)cc1. The minimum absolute atomic E-state index is 0.197. The molecule has 0 heterocycles. The van der Waals surface area contributed by atoms with Gasteiger partial charge in [0.25, 0.3) is 15.9 Å². The first-order valence-corrected chi connectivity index (χ1v) is 11.4. The third-order valence-electron chi connectivity index (χ3n) is 4.79. The highest BCUT2D eigenvalue weighted by atomic mass is 32.2. The number of amides is 1. The smallest absolute Gasteiger partial charge is 0.264 e. The number of anilines is 1. The second-order valence-corrected chi connectivity index (χ2v) is 9.30. The Kier molecular flexibility index (Phi) is 6.97. The molecule has 0 unspecified atom stereocenters. The third-order valence-corrected chi connectivity index (χ3v) is 6.59. The summed E-state index contributed by atoms with van der Waals surface area (Å²) in [5, 5.41) is 2.88. The maximum Gasteiger partial charge on any atom is 0.264 e. The zero-order valence-corrected chi connectivity index (χ0v) is 18.6. The zero-order chi connectivity index (χ0) is 22.4. The Hall–Kier alpha value is -3.32. The topological polar surface area (TPSA) is 75.7 Å². The van der Waals surface area contributed by atoms with Gasteiger partial charge in [-0.25, -0.2) is 8.42 Å². The van der Waals surface area contributed by atoms with Crippen LogP contribution in [-0.4, -0.2) is 34.0 Å². The Labute approximate surface area is 183 Å². The average Bonchev–Trinajstić information content (AvgIpc) is 2.78. The van der Waals surface area contributed by atoms with Crippen LogP contribution in [0.1, 0.15) is 22.8 Å². The van der Waals surface area contributed by atoms with Crippen LogP contribution in [0.2, 0.25) is 0 Å². The van der Waals surface area contributed by atoms with Crippen molar-refractivity contribution in [2.24, 2.45) is 0 Å². The van der Waals surface area contributed by atoms with Gasteiger partial charge >= 0.3 is 0 Å². The van der Waals surface area contributed by atoms with Crippen LogP contribution in [0.25, 0.3) is 0 Å². The number of nitrogens with zero attached hydrogens (tertiary/aromatic N) is 1. The molecule has 0 radical (unpaired) electrons. The van der Waals surface area contributed by atoms with E-state index in [-0.39, 0.29) is 16.8 Å². The van der Waals surface area contributed by atoms with Crippen LogP contribution in [0.5, 0.6) is 5.75 Å². The molecule has 1 N–H and O–H groups in total. The largest absolute Gasteiger partial charge is 0.491 e. The van der Waals surface area contributed by atoms with Gasteiger partial charge in [0, 0.05) is 12.6 Å². The van der Waals surface area contributed by atoms with Gasteiger partial charge in [-0.1, -0.05) is 35.9 Å². The van der Waals surface area contributed by atoms with Gasteiger partial charge in [-0.2, -0.15) is 0 Å². The number of hydrogen-bond acceptors (Lipinski definition) is 4. The Morgan fingerprint density at radius 2 is 1.58 bits per heavy atom. The first-order valence-electron chi connectivity index (χ1n) is 9.92. The molecule has 1 amide bonds. The predicted molar refractivity (Wildman–Crippen MR) is 122 cm³/mol. The summed E-state index contributed by atoms with van der Waals surface area (Å²) in [6, 6.07) is 22.3. The van der Waals surface area contributed by atoms with Gasteiger partial charge in [-0.3, -0.25) is 9.10 Å². The number of para-hydroxylation sites is 1. The molecule has 0 aromatic heterocycles. The molecule has 0 saturated carbocycles. The standard InChI is InChI=1S/C24H26N2O4S/c1-18-9-15-23(16-10-18)31(28,29)26(3)21-13-11-20(12-14-21)24(27)25-19(2)17-30-22-7-5-4-6-8-22/h4-16,19H,17H2,1-3H3,(H,25,27)/t19-/m0/s1. The van der Waals surface area contributed by atoms with E-state index in [2.05, 4.69) is 5.32 Å². The molecule has 0 aliphatic rings. The second kappa shape index (κ2) is 9.66. The number of ether oxygens (including phenoxy) is 1. The fourth-order valence-electron chi connectivity index (χ4n) is 2.92. The molecule has 31 heavy (non-hydrogen) atoms. The normalized spacial score (nSPS) is 12.1. The van der Waals surface area contributed by atoms with Gasteiger partial charge in [-0.15, -0.1) is 0 Å². The average molecular weight is 439 g/mol. The number of hydrogen-bond donors (Lipinski definition) is 1. The molecule has 1 atom stereocenters. The van der Waals surface area contributed by atoms with Crippen molar-refractivity contribution in [1.82, 2.24) is 5.32 Å². The van der Waals surface area contributed by atoms with E-state index in [1.165, 1.54) is 11.4 Å². The second-order valence-electron chi connectivity index (χ2n) is 7.33. The molecule has 3 aromatic carbocycles. The van der Waals surface area contributed by atoms with Gasteiger partial charge in [0.05, 0.1) is 16.6 Å². The molecule has 7 heteroatoms. The molecular weight excluding hydrogens is 412 g/mol. The van der Waals surface area contributed by atoms with E-state index in [0.29, 0.717) is 17.9 Å². The zero-order valence-electron chi connectivity index (χ0n) is 17.8. The molecule has 3 rings (SSSR count). The number of benzene rings is 3. The predicted octanol–water partition coefficient (Wildman–Crippen LogP) is 4.02. The van der Waals surface area contributed by atoms with Crippen LogP contribution in [-0.2, 0) is 10.0 Å². The van der Waals surface area contributed by atoms with Crippen LogP contribution in [0, 0.1) is 6.92 Å². The lowest BCUT2D eigenvalue weighted by molar-refractivity contribution is 0.0926. The molecule has 162 valence electrons. The van der Waals surface area contributed by atoms with Gasteiger partial charge in [0.2, 0.25) is 0 Å². The first kappa shape index (κ1) is 22.4. The van der Waals surface area contributed by atoms with Crippen molar-refractivity contribution in [1.29, 1.82) is 0 Å². The number of sulfonamides is 1. The van der Waals surface area contributed by atoms with Crippen LogP contribution in [0.3, 0.4) is 0 Å². The van der Waals surface area contributed by atoms with Crippen molar-refractivity contribution in [2.45, 2.75) is 24.8 Å². The maximum atomic E-state index is 12.8. The summed E-state index contributed by atoms with van der Waals surface area (Å²) in [4.78, 5) is 12.7. The van der Waals surface area contributed by atoms with Gasteiger partial charge in [0.15, 0.2) is 0 Å². The number of rotatable bonds is 8. The molecule has 0 saturated heterocycles. The number of carbonyl (C=O) groups is 1. The number of aryl methyl sites for hydroxylation is 1. The fraction of sp³-hybridized carbons (Fsp3) is 0.208. The van der Waals surface area contributed by atoms with Crippen LogP contribution in [0.15, 0.2) is 83.8 Å². The molecule has 0 aliphatic carbocycles. The fourth-order valence-corrected chi connectivity index (χ4v) is 4.11. The van der Waals surface area contributed by atoms with Crippen molar-refractivity contribution in [3.8, 4) is 5.75 Å². The van der Waals surface area contributed by atoms with E-state index >= 15 is 0 Å². The van der Waals surface area contributed by atoms with Crippen molar-refractivity contribution >= 4 is 21.6 Å². The molecule has 0 fully saturated rings. The maximum absolute atomic E-state index is 12.8. The summed E-state index contributed by atoms with van der Waals surface area (Å²) >= 11 is 0. The molecule has 3 aromatic rings. The quantitative estimate of drug-likeness (QED) is 0.576. The van der Waals surface area contributed by atoms with Crippen molar-refractivity contribution in [3.63, 3.8) is 0 Å². The van der Waals surface area contributed by atoms with Crippen molar-refractivity contribution in [2.75, 3.05) is 18.0 Å². The lowest BCUT2D eigenvalue weighted by Crippen LogP contribution is -2.36. The third kappa shape index (κ3) is 5.64. The summed E-state index contributed by atoms with van der Waals surface area (Å²) in [6.45, 7) is 4.10. The monoisotopic (exact) mass is 438 g/mol. The summed E-state index contributed by atoms with van der Waals surface area (Å²) in [5.74, 6) is 0.491. The summed E-state index contributed by atoms with van der Waals surface area (Å²) in [5.41, 5.74) is 1.90. The Balaban J connectivity index is 1.62. The van der Waals surface area contributed by atoms with E-state index in [4.69, 9.17) is 4.74 Å². The molecule has 0 spiro atoms. The van der Waals surface area contributed by atoms with Crippen LogP contribution in [0.4, 0.5) is 5.69 Å². The van der Waals surface area contributed by atoms with Crippen molar-refractivity contribution in [3.05, 3.63) is 90.0 Å². The van der Waals surface area contributed by atoms with E-state index < -0.39 is 10.0 Å². The van der Waals surface area contributed by atoms with E-state index in [0.717, 1.165) is 11.3 Å². The van der Waals surface area contributed by atoms with E-state index in [1.54, 1.807) is 48.5 Å². The lowest BCUT2D eigenvalue weighted by Gasteiger charge is -2.20. The summed E-state index contributed by atoms with van der Waals surface area (Å²) in [7, 11) is -2.19. The Bertz CT molecular complexity index is 1110. The molecular formula is C24H26N2O4S. The van der Waals surface area contributed by atoms with Gasteiger partial charge in [-0.05, 0) is 62.4 Å². The van der Waals surface area contributed by atoms with Crippen LogP contribution >= 0.6 is 0 Å². The first-order chi connectivity index (χ1) is 14.8. The van der Waals surface area contributed by atoms with Crippen molar-refractivity contribution < 1.29 is 17.9 Å². The minimum Gasteiger partial charge on any atom is -0.491 e. The van der Waals surface area contributed by atoms with E-state index in [1.807, 2.05) is 44.2 Å². The van der Waals surface area contributed by atoms with Gasteiger partial charge < -0.3 is 10.1 Å². The Morgan fingerprint density at radius 1 is 0.968 bits per heavy atom. The molecule has 0 bridgehead atoms. The highest BCUT2D eigenvalue weighted by Crippen LogP contribution is 2.22. The minimum atomic E-state index is -3.68. The van der Waals surface area contributed by atoms with Crippen LogP contribution < -0.4 is 14.4 Å². The van der Waals surface area contributed by atoms with E-state index in [9.17, 15) is 13.2 Å². The summed E-state index contributed by atoms with van der Waals surface area (Å²) in [6.07, 6.45) is 0. The highest BCUT2D eigenvalue weighted by molar-refractivity contribution is 7.92. The summed E-state index contributed by atoms with van der Waals surface area (Å²) < 4.78 is 32.5. The lowest BCUT2D eigenvalue weighted by atomic mass is 10.2. The highest BCUT2D eigenvalue weighted by Gasteiger charge is 2.21. The number of nitrogens with one attached hydrogen (secondary N) is 1. The van der Waals surface area contributed by atoms with Gasteiger partial charge in [0.1, 0.15) is 12.4 Å².